The monoisotopic (exact) mass is 1430 g/mol. The molecule has 19 aromatic rings. The second-order valence-electron chi connectivity index (χ2n) is 28.3. The lowest BCUT2D eigenvalue weighted by Gasteiger charge is -2.27. The molecule has 0 saturated heterocycles. The van der Waals surface area contributed by atoms with Crippen LogP contribution in [0.5, 0.6) is 0 Å². The zero-order chi connectivity index (χ0) is 74.8. The number of hydrogen-bond acceptors (Lipinski definition) is 2. The number of rotatable bonds is 17. The van der Waals surface area contributed by atoms with Gasteiger partial charge < -0.3 is 9.80 Å². The molecule has 0 atom stereocenters. The second kappa shape index (κ2) is 32.0. The van der Waals surface area contributed by atoms with Gasteiger partial charge in [0.1, 0.15) is 0 Å². The number of fused-ring (bicyclic) bond motifs is 2. The number of hydrogen-bond donors (Lipinski definition) is 0. The zero-order valence-corrected chi connectivity index (χ0v) is 61.9. The number of nitrogens with zero attached hydrogens (tertiary/aromatic N) is 2. The largest absolute Gasteiger partial charge is 0.310 e. The summed E-state index contributed by atoms with van der Waals surface area (Å²) in [6.45, 7) is 0. The van der Waals surface area contributed by atoms with Crippen LogP contribution in [0.15, 0.2) is 473 Å². The molecule has 0 heterocycles. The second-order valence-corrected chi connectivity index (χ2v) is 28.3. The molecule has 112 heavy (non-hydrogen) atoms. The quantitative estimate of drug-likeness (QED) is 0.0896. The van der Waals surface area contributed by atoms with Crippen molar-refractivity contribution in [1.82, 2.24) is 0 Å². The Balaban J connectivity index is 0.000000157. The SMILES string of the molecule is c1ccc(-c2ccc(-c3cc(N(c4ccc(-c5ccccc5)cc4)c4ccc(-c5cccc6ccccc56)cc4)ccc3-c3ccccc3)cc2)cc1.c1ccc(-c2ccc(-c3cc(N(c4ccc(-c5ccccc5)cc4)c4ccc(-c5ccccc5)cc4)ccc3-c3ccc(-c4ccc5ccccc5c4)cc3)cc2)cc1. The first kappa shape index (κ1) is 69.1. The molecule has 19 rings (SSSR count). The van der Waals surface area contributed by atoms with Crippen molar-refractivity contribution in [2.24, 2.45) is 0 Å². The maximum atomic E-state index is 2.37. The van der Waals surface area contributed by atoms with Crippen LogP contribution in [-0.4, -0.2) is 0 Å². The van der Waals surface area contributed by atoms with E-state index >= 15 is 0 Å². The fourth-order valence-electron chi connectivity index (χ4n) is 15.6. The zero-order valence-electron chi connectivity index (χ0n) is 61.9. The molecule has 0 unspecified atom stereocenters. The molecule has 528 valence electrons. The number of benzene rings is 19. The van der Waals surface area contributed by atoms with E-state index in [9.17, 15) is 0 Å². The van der Waals surface area contributed by atoms with Crippen LogP contribution in [0.2, 0.25) is 0 Å². The van der Waals surface area contributed by atoms with E-state index < -0.39 is 0 Å². The van der Waals surface area contributed by atoms with Gasteiger partial charge in [0.05, 0.1) is 0 Å². The molecular formula is C110H78N2. The molecule has 0 N–H and O–H groups in total. The average Bonchev–Trinajstić information content (AvgIpc) is 0.776. The van der Waals surface area contributed by atoms with Crippen molar-refractivity contribution in [2.45, 2.75) is 0 Å². The van der Waals surface area contributed by atoms with Gasteiger partial charge in [-0.1, -0.05) is 394 Å². The van der Waals surface area contributed by atoms with E-state index in [0.29, 0.717) is 0 Å². The molecule has 0 fully saturated rings. The molecule has 0 bridgehead atoms. The van der Waals surface area contributed by atoms with Gasteiger partial charge in [0.15, 0.2) is 0 Å². The van der Waals surface area contributed by atoms with E-state index in [0.717, 1.165) is 34.1 Å². The Morgan fingerprint density at radius 1 is 0.107 bits per heavy atom. The molecular weight excluding hydrogens is 1350 g/mol. The van der Waals surface area contributed by atoms with Gasteiger partial charge in [-0.2, -0.15) is 0 Å². The molecule has 19 aromatic carbocycles. The Labute approximate surface area is 656 Å². The predicted molar refractivity (Wildman–Crippen MR) is 477 cm³/mol. The van der Waals surface area contributed by atoms with Crippen LogP contribution in [0.1, 0.15) is 0 Å². The molecule has 0 aliphatic carbocycles. The van der Waals surface area contributed by atoms with Gasteiger partial charge in [0.25, 0.3) is 0 Å². The fraction of sp³-hybridized carbons (Fsp3) is 0. The smallest absolute Gasteiger partial charge is 0.0468 e. The maximum Gasteiger partial charge on any atom is 0.0468 e. The molecule has 0 saturated carbocycles. The number of anilines is 6. The Kier molecular flexibility index (Phi) is 19.7. The van der Waals surface area contributed by atoms with Crippen molar-refractivity contribution in [3.8, 4) is 122 Å². The highest BCUT2D eigenvalue weighted by Gasteiger charge is 2.21. The van der Waals surface area contributed by atoms with E-state index in [1.54, 1.807) is 0 Å². The first-order valence-electron chi connectivity index (χ1n) is 38.4. The van der Waals surface area contributed by atoms with Crippen LogP contribution in [0, 0.1) is 0 Å². The van der Waals surface area contributed by atoms with Gasteiger partial charge in [-0.15, -0.1) is 0 Å². The van der Waals surface area contributed by atoms with Crippen molar-refractivity contribution in [2.75, 3.05) is 9.80 Å². The van der Waals surface area contributed by atoms with E-state index in [1.807, 2.05) is 0 Å². The molecule has 0 spiro atoms. The summed E-state index contributed by atoms with van der Waals surface area (Å²) in [5.74, 6) is 0. The highest BCUT2D eigenvalue weighted by Crippen LogP contribution is 2.46. The minimum Gasteiger partial charge on any atom is -0.310 e. The Bertz CT molecular complexity index is 6280. The van der Waals surface area contributed by atoms with Gasteiger partial charge in [-0.25, -0.2) is 0 Å². The standard InChI is InChI=1S/C58H41N.C52H37N/c1-4-12-42(13-5-1)46-20-27-51(28-21-46)58-41-56(38-39-57(58)50-25-22-49(23-26-50)53-29-24-45-18-10-11-19-52(45)40-53)59(54-34-30-47(31-35-54)43-14-6-2-7-15-43)55-36-32-48(33-37-55)44-16-8-3-9-17-44;1-4-13-38(14-5-1)40-23-25-45(26-24-40)52-37-48(35-36-51(52)42-17-8-3-9-18-42)53(46-31-27-41(28-32-46)39-15-6-2-7-16-39)47-33-29-44(30-34-47)50-22-12-20-43-19-10-11-21-49(43)50/h1-41H;1-37H. The summed E-state index contributed by atoms with van der Waals surface area (Å²) in [5, 5.41) is 5.01. The van der Waals surface area contributed by atoms with Crippen LogP contribution in [0.25, 0.3) is 144 Å². The molecule has 2 nitrogen and oxygen atoms in total. The van der Waals surface area contributed by atoms with Crippen LogP contribution in [0.3, 0.4) is 0 Å². The molecule has 0 amide bonds. The third-order valence-corrected chi connectivity index (χ3v) is 21.4. The fourth-order valence-corrected chi connectivity index (χ4v) is 15.6. The predicted octanol–water partition coefficient (Wildman–Crippen LogP) is 31.0. The van der Waals surface area contributed by atoms with Crippen molar-refractivity contribution in [3.63, 3.8) is 0 Å². The Hall–Kier alpha value is -14.7. The van der Waals surface area contributed by atoms with Gasteiger partial charge in [0.2, 0.25) is 0 Å². The minimum atomic E-state index is 1.09. The molecule has 0 aliphatic heterocycles. The summed E-state index contributed by atoms with van der Waals surface area (Å²) in [4.78, 5) is 4.75. The van der Waals surface area contributed by atoms with Crippen molar-refractivity contribution in [1.29, 1.82) is 0 Å². The Morgan fingerprint density at radius 2 is 0.339 bits per heavy atom. The summed E-state index contributed by atoms with van der Waals surface area (Å²) in [7, 11) is 0. The molecule has 0 aromatic heterocycles. The van der Waals surface area contributed by atoms with Gasteiger partial charge in [-0.05, 0) is 223 Å². The lowest BCUT2D eigenvalue weighted by atomic mass is 9.91. The first-order chi connectivity index (χ1) is 55.5. The van der Waals surface area contributed by atoms with Gasteiger partial charge in [-0.3, -0.25) is 0 Å². The third-order valence-electron chi connectivity index (χ3n) is 21.4. The molecule has 0 radical (unpaired) electrons. The molecule has 2 heteroatoms. The first-order valence-corrected chi connectivity index (χ1v) is 38.4. The third kappa shape index (κ3) is 14.9. The van der Waals surface area contributed by atoms with Crippen molar-refractivity contribution < 1.29 is 0 Å². The lowest BCUT2D eigenvalue weighted by Crippen LogP contribution is -2.10. The van der Waals surface area contributed by atoms with Crippen LogP contribution in [-0.2, 0) is 0 Å². The maximum absolute atomic E-state index is 2.37. The van der Waals surface area contributed by atoms with Crippen molar-refractivity contribution in [3.05, 3.63) is 473 Å². The van der Waals surface area contributed by atoms with Gasteiger partial charge in [0, 0.05) is 34.1 Å². The summed E-state index contributed by atoms with van der Waals surface area (Å²) < 4.78 is 0. The summed E-state index contributed by atoms with van der Waals surface area (Å²) >= 11 is 0. The minimum absolute atomic E-state index is 1.09. The van der Waals surface area contributed by atoms with E-state index in [4.69, 9.17) is 0 Å². The summed E-state index contributed by atoms with van der Waals surface area (Å²) in [5.41, 5.74) is 32.9. The van der Waals surface area contributed by atoms with E-state index in [2.05, 4.69) is 483 Å². The highest BCUT2D eigenvalue weighted by molar-refractivity contribution is 5.98. The summed E-state index contributed by atoms with van der Waals surface area (Å²) in [6.07, 6.45) is 0. The Morgan fingerprint density at radius 3 is 0.714 bits per heavy atom. The van der Waals surface area contributed by atoms with E-state index in [-0.39, 0.29) is 0 Å². The van der Waals surface area contributed by atoms with Crippen LogP contribution < -0.4 is 9.80 Å². The summed E-state index contributed by atoms with van der Waals surface area (Å²) in [6, 6.07) is 171. The van der Waals surface area contributed by atoms with Gasteiger partial charge >= 0.3 is 0 Å². The van der Waals surface area contributed by atoms with Crippen LogP contribution in [0.4, 0.5) is 34.1 Å². The molecule has 0 aliphatic rings. The topological polar surface area (TPSA) is 6.48 Å². The average molecular weight is 1430 g/mol. The van der Waals surface area contributed by atoms with E-state index in [1.165, 1.54) is 144 Å². The lowest BCUT2D eigenvalue weighted by molar-refractivity contribution is 1.28. The van der Waals surface area contributed by atoms with Crippen molar-refractivity contribution >= 4 is 55.7 Å². The normalized spacial score (nSPS) is 11.0. The highest BCUT2D eigenvalue weighted by atomic mass is 15.1. The van der Waals surface area contributed by atoms with Crippen LogP contribution >= 0.6 is 0 Å².